The van der Waals surface area contributed by atoms with Gasteiger partial charge in [0.1, 0.15) is 13.2 Å². The normalized spacial score (nSPS) is 12.4. The van der Waals surface area contributed by atoms with Crippen molar-refractivity contribution in [3.8, 4) is 0 Å². The van der Waals surface area contributed by atoms with Crippen LogP contribution in [0.5, 0.6) is 0 Å². The molecule has 0 bridgehead atoms. The van der Waals surface area contributed by atoms with Crippen molar-refractivity contribution in [3.63, 3.8) is 0 Å². The molecule has 0 heterocycles. The molecular formula is C59H106O6. The lowest BCUT2D eigenvalue weighted by Crippen LogP contribution is -2.30. The summed E-state index contributed by atoms with van der Waals surface area (Å²) in [4.78, 5) is 38.1. The van der Waals surface area contributed by atoms with E-state index in [1.54, 1.807) is 0 Å². The molecule has 0 rings (SSSR count). The number of hydrogen-bond donors (Lipinski definition) is 0. The Morgan fingerprint density at radius 1 is 0.308 bits per heavy atom. The van der Waals surface area contributed by atoms with Crippen molar-refractivity contribution in [2.45, 2.75) is 297 Å². The maximum Gasteiger partial charge on any atom is 0.306 e. The van der Waals surface area contributed by atoms with Gasteiger partial charge in [-0.05, 0) is 77.0 Å². The molecule has 0 saturated heterocycles. The Hall–Kier alpha value is -2.63. The van der Waals surface area contributed by atoms with E-state index in [1.165, 1.54) is 161 Å². The fourth-order valence-corrected chi connectivity index (χ4v) is 8.02. The van der Waals surface area contributed by atoms with Gasteiger partial charge in [-0.25, -0.2) is 0 Å². The molecule has 0 radical (unpaired) electrons. The van der Waals surface area contributed by atoms with Gasteiger partial charge in [-0.15, -0.1) is 0 Å². The Morgan fingerprint density at radius 2 is 0.569 bits per heavy atom. The van der Waals surface area contributed by atoms with Crippen molar-refractivity contribution in [1.82, 2.24) is 0 Å². The van der Waals surface area contributed by atoms with Crippen molar-refractivity contribution in [1.29, 1.82) is 0 Å². The number of carbonyl (C=O) groups is 3. The highest BCUT2D eigenvalue weighted by Crippen LogP contribution is 2.16. The molecule has 0 aliphatic heterocycles. The first kappa shape index (κ1) is 62.4. The Balaban J connectivity index is 4.35. The molecule has 0 amide bonds. The van der Waals surface area contributed by atoms with Crippen molar-refractivity contribution in [3.05, 3.63) is 48.6 Å². The number of allylic oxidation sites excluding steroid dienone is 8. The smallest absolute Gasteiger partial charge is 0.306 e. The molecule has 6 nitrogen and oxygen atoms in total. The van der Waals surface area contributed by atoms with Gasteiger partial charge in [0.05, 0.1) is 0 Å². The predicted octanol–water partition coefficient (Wildman–Crippen LogP) is 18.7. The van der Waals surface area contributed by atoms with Crippen LogP contribution in [-0.4, -0.2) is 37.2 Å². The zero-order valence-electron chi connectivity index (χ0n) is 43.3. The molecule has 65 heavy (non-hydrogen) atoms. The topological polar surface area (TPSA) is 78.9 Å². The van der Waals surface area contributed by atoms with Gasteiger partial charge >= 0.3 is 17.9 Å². The highest BCUT2D eigenvalue weighted by Gasteiger charge is 2.19. The molecule has 0 fully saturated rings. The fourth-order valence-electron chi connectivity index (χ4n) is 8.02. The minimum atomic E-state index is -0.779. The van der Waals surface area contributed by atoms with Gasteiger partial charge in [0, 0.05) is 19.3 Å². The molecule has 6 heteroatoms. The average molecular weight is 911 g/mol. The highest BCUT2D eigenvalue weighted by molar-refractivity contribution is 5.71. The van der Waals surface area contributed by atoms with E-state index in [-0.39, 0.29) is 31.1 Å². The van der Waals surface area contributed by atoms with Crippen LogP contribution >= 0.6 is 0 Å². The second kappa shape index (κ2) is 54.0. The number of esters is 3. The molecule has 0 aromatic heterocycles. The van der Waals surface area contributed by atoms with Crippen molar-refractivity contribution < 1.29 is 28.6 Å². The minimum absolute atomic E-state index is 0.0773. The molecule has 1 atom stereocenters. The van der Waals surface area contributed by atoms with Gasteiger partial charge in [0.25, 0.3) is 0 Å². The van der Waals surface area contributed by atoms with E-state index >= 15 is 0 Å². The summed E-state index contributed by atoms with van der Waals surface area (Å²) in [6, 6.07) is 0. The molecule has 0 spiro atoms. The van der Waals surface area contributed by atoms with Gasteiger partial charge in [0.15, 0.2) is 6.10 Å². The summed E-state index contributed by atoms with van der Waals surface area (Å²) < 4.78 is 16.8. The maximum atomic E-state index is 12.8. The number of ether oxygens (including phenoxy) is 3. The van der Waals surface area contributed by atoms with Crippen LogP contribution in [0.25, 0.3) is 0 Å². The van der Waals surface area contributed by atoms with Crippen LogP contribution in [0.1, 0.15) is 290 Å². The van der Waals surface area contributed by atoms with E-state index in [0.29, 0.717) is 19.3 Å². The number of hydrogen-bond acceptors (Lipinski definition) is 6. The molecule has 0 N–H and O–H groups in total. The number of rotatable bonds is 51. The van der Waals surface area contributed by atoms with Crippen LogP contribution in [0.3, 0.4) is 0 Å². The molecular weight excluding hydrogens is 805 g/mol. The number of unbranched alkanes of at least 4 members (excludes halogenated alkanes) is 32. The minimum Gasteiger partial charge on any atom is -0.462 e. The Morgan fingerprint density at radius 3 is 0.923 bits per heavy atom. The van der Waals surface area contributed by atoms with Gasteiger partial charge < -0.3 is 14.2 Å². The summed E-state index contributed by atoms with van der Waals surface area (Å²) in [7, 11) is 0. The molecule has 0 aromatic rings. The predicted molar refractivity (Wildman–Crippen MR) is 279 cm³/mol. The Labute approximate surface area is 403 Å². The quantitative estimate of drug-likeness (QED) is 0.0262. The van der Waals surface area contributed by atoms with Gasteiger partial charge in [0.2, 0.25) is 0 Å². The molecule has 0 unspecified atom stereocenters. The summed E-state index contributed by atoms with van der Waals surface area (Å²) in [5.74, 6) is -0.883. The van der Waals surface area contributed by atoms with Gasteiger partial charge in [-0.2, -0.15) is 0 Å². The largest absolute Gasteiger partial charge is 0.462 e. The van der Waals surface area contributed by atoms with Crippen LogP contribution in [-0.2, 0) is 28.6 Å². The standard InChI is InChI=1S/C59H106O6/c1-4-7-10-13-16-19-22-25-28-29-30-31-32-35-37-40-43-46-49-52-58(61)64-55-56(65-59(62)53-50-47-44-41-38-34-27-24-21-18-15-12-9-6-3)54-63-57(60)51-48-45-42-39-36-33-26-23-20-17-14-11-8-5-2/h15-16,18-19,24-25,27-28,56H,4-14,17,20-23,26,29-55H2,1-3H3/b18-15-,19-16-,27-24-,28-25-/t56-/m1/s1. The molecule has 0 saturated carbocycles. The summed E-state index contributed by atoms with van der Waals surface area (Å²) in [5.41, 5.74) is 0. The van der Waals surface area contributed by atoms with Crippen LogP contribution in [0, 0.1) is 0 Å². The van der Waals surface area contributed by atoms with E-state index in [0.717, 1.165) is 89.9 Å². The fraction of sp³-hybridized carbons (Fsp3) is 0.814. The highest BCUT2D eigenvalue weighted by atomic mass is 16.6. The first-order chi connectivity index (χ1) is 32.0. The third-order valence-electron chi connectivity index (χ3n) is 12.3. The molecule has 378 valence electrons. The van der Waals surface area contributed by atoms with Crippen LogP contribution in [0.2, 0.25) is 0 Å². The third-order valence-corrected chi connectivity index (χ3v) is 12.3. The summed E-state index contributed by atoms with van der Waals surface area (Å²) in [5, 5.41) is 0. The first-order valence-corrected chi connectivity index (χ1v) is 28.1. The van der Waals surface area contributed by atoms with E-state index in [2.05, 4.69) is 69.4 Å². The molecule has 0 aliphatic rings. The second-order valence-corrected chi connectivity index (χ2v) is 18.8. The first-order valence-electron chi connectivity index (χ1n) is 28.1. The Kier molecular flexibility index (Phi) is 51.8. The lowest BCUT2D eigenvalue weighted by atomic mass is 10.0. The zero-order chi connectivity index (χ0) is 47.2. The molecule has 0 aromatic carbocycles. The lowest BCUT2D eigenvalue weighted by Gasteiger charge is -2.18. The van der Waals surface area contributed by atoms with E-state index < -0.39 is 6.10 Å². The van der Waals surface area contributed by atoms with E-state index in [9.17, 15) is 14.4 Å². The van der Waals surface area contributed by atoms with Gasteiger partial charge in [-0.1, -0.05) is 243 Å². The molecule has 0 aliphatic carbocycles. The summed E-state index contributed by atoms with van der Waals surface area (Å²) in [6.45, 7) is 6.59. The van der Waals surface area contributed by atoms with Crippen LogP contribution in [0.15, 0.2) is 48.6 Å². The van der Waals surface area contributed by atoms with E-state index in [4.69, 9.17) is 14.2 Å². The van der Waals surface area contributed by atoms with Crippen molar-refractivity contribution in [2.75, 3.05) is 13.2 Å². The SMILES string of the molecule is CCCC/C=C\C/C=C\CCCCCCCC(=O)O[C@@H](COC(=O)CCCCCCCCCCC/C=C\C/C=C\CCCCC)COC(=O)CCCCCCCCCCCCCCCC. The van der Waals surface area contributed by atoms with Crippen molar-refractivity contribution >= 4 is 17.9 Å². The van der Waals surface area contributed by atoms with Gasteiger partial charge in [-0.3, -0.25) is 14.4 Å². The van der Waals surface area contributed by atoms with E-state index in [1.807, 2.05) is 0 Å². The number of carbonyl (C=O) groups excluding carboxylic acids is 3. The lowest BCUT2D eigenvalue weighted by molar-refractivity contribution is -0.167. The maximum absolute atomic E-state index is 12.8. The monoisotopic (exact) mass is 911 g/mol. The Bertz CT molecular complexity index is 1140. The zero-order valence-corrected chi connectivity index (χ0v) is 43.3. The van der Waals surface area contributed by atoms with Crippen LogP contribution < -0.4 is 0 Å². The third kappa shape index (κ3) is 52.2. The summed E-state index contributed by atoms with van der Waals surface area (Å²) >= 11 is 0. The second-order valence-electron chi connectivity index (χ2n) is 18.8. The van der Waals surface area contributed by atoms with Crippen LogP contribution in [0.4, 0.5) is 0 Å². The summed E-state index contributed by atoms with van der Waals surface area (Å²) in [6.07, 6.45) is 65.2. The average Bonchev–Trinajstić information content (AvgIpc) is 3.30. The van der Waals surface area contributed by atoms with Crippen molar-refractivity contribution in [2.24, 2.45) is 0 Å².